The quantitative estimate of drug-likeness (QED) is 0.593. The van der Waals surface area contributed by atoms with Crippen LogP contribution in [0, 0.1) is 13.8 Å². The first-order valence-corrected chi connectivity index (χ1v) is 11.0. The van der Waals surface area contributed by atoms with Gasteiger partial charge in [0, 0.05) is 43.6 Å². The average molecular weight is 432 g/mol. The van der Waals surface area contributed by atoms with Crippen molar-refractivity contribution in [2.24, 2.45) is 0 Å². The fourth-order valence-electron chi connectivity index (χ4n) is 3.76. The number of rotatable bonds is 7. The van der Waals surface area contributed by atoms with Gasteiger partial charge in [0.2, 0.25) is 0 Å². The van der Waals surface area contributed by atoms with Crippen LogP contribution in [-0.4, -0.2) is 60.2 Å². The molecule has 166 valence electrons. The van der Waals surface area contributed by atoms with E-state index in [0.717, 1.165) is 67.7 Å². The van der Waals surface area contributed by atoms with E-state index < -0.39 is 0 Å². The molecular formula is C25H29N5O2. The first kappa shape index (κ1) is 21.9. The van der Waals surface area contributed by atoms with Gasteiger partial charge in [0.05, 0.1) is 30.2 Å². The molecule has 7 nitrogen and oxygen atoms in total. The molecule has 0 unspecified atom stereocenters. The summed E-state index contributed by atoms with van der Waals surface area (Å²) in [5.41, 5.74) is 4.96. The summed E-state index contributed by atoms with van der Waals surface area (Å²) in [7, 11) is 0. The Morgan fingerprint density at radius 2 is 1.94 bits per heavy atom. The number of ether oxygens (including phenoxy) is 1. The molecule has 2 aromatic heterocycles. The molecule has 3 heterocycles. The molecule has 7 heteroatoms. The van der Waals surface area contributed by atoms with Gasteiger partial charge in [-0.25, -0.2) is 4.98 Å². The number of aryl methyl sites for hydroxylation is 2. The topological polar surface area (TPSA) is 79.4 Å². The zero-order chi connectivity index (χ0) is 22.3. The SMILES string of the molecule is Cc1ccc(NC(=O)c2ccc(NCCN3CCOCC3)nc2C)cc1-c1ccccn1. The van der Waals surface area contributed by atoms with Gasteiger partial charge < -0.3 is 15.4 Å². The smallest absolute Gasteiger partial charge is 0.257 e. The van der Waals surface area contributed by atoms with E-state index in [1.807, 2.05) is 62.4 Å². The first-order chi connectivity index (χ1) is 15.6. The highest BCUT2D eigenvalue weighted by Gasteiger charge is 2.13. The molecule has 0 atom stereocenters. The van der Waals surface area contributed by atoms with Crippen LogP contribution in [0.1, 0.15) is 21.6 Å². The fourth-order valence-corrected chi connectivity index (χ4v) is 3.76. The Hall–Kier alpha value is -3.29. The molecule has 1 aliphatic heterocycles. The summed E-state index contributed by atoms with van der Waals surface area (Å²) < 4.78 is 5.38. The Bertz CT molecular complexity index is 1070. The number of hydrogen-bond donors (Lipinski definition) is 2. The minimum Gasteiger partial charge on any atom is -0.379 e. The Balaban J connectivity index is 1.39. The van der Waals surface area contributed by atoms with Crippen molar-refractivity contribution >= 4 is 17.4 Å². The molecule has 3 aromatic rings. The van der Waals surface area contributed by atoms with Crippen molar-refractivity contribution < 1.29 is 9.53 Å². The molecule has 0 aliphatic carbocycles. The molecule has 0 radical (unpaired) electrons. The van der Waals surface area contributed by atoms with Crippen molar-refractivity contribution in [3.05, 3.63) is 71.5 Å². The molecule has 2 N–H and O–H groups in total. The number of hydrogen-bond acceptors (Lipinski definition) is 6. The van der Waals surface area contributed by atoms with E-state index in [9.17, 15) is 4.79 Å². The van der Waals surface area contributed by atoms with Crippen LogP contribution >= 0.6 is 0 Å². The largest absolute Gasteiger partial charge is 0.379 e. The minimum atomic E-state index is -0.175. The van der Waals surface area contributed by atoms with E-state index in [1.54, 1.807) is 6.20 Å². The Kier molecular flexibility index (Phi) is 7.09. The van der Waals surface area contributed by atoms with E-state index in [2.05, 4.69) is 25.5 Å². The second kappa shape index (κ2) is 10.3. The summed E-state index contributed by atoms with van der Waals surface area (Å²) >= 11 is 0. The molecule has 1 amide bonds. The number of nitrogens with zero attached hydrogens (tertiary/aromatic N) is 3. The minimum absolute atomic E-state index is 0.175. The van der Waals surface area contributed by atoms with Crippen LogP contribution in [0.2, 0.25) is 0 Å². The van der Waals surface area contributed by atoms with Gasteiger partial charge in [-0.2, -0.15) is 0 Å². The number of anilines is 2. The van der Waals surface area contributed by atoms with E-state index in [4.69, 9.17) is 4.74 Å². The van der Waals surface area contributed by atoms with Gasteiger partial charge >= 0.3 is 0 Å². The molecule has 1 aliphatic rings. The Labute approximate surface area is 188 Å². The van der Waals surface area contributed by atoms with Crippen LogP contribution in [0.5, 0.6) is 0 Å². The van der Waals surface area contributed by atoms with Crippen molar-refractivity contribution in [3.63, 3.8) is 0 Å². The first-order valence-electron chi connectivity index (χ1n) is 11.0. The number of carbonyl (C=O) groups excluding carboxylic acids is 1. The molecule has 1 saturated heterocycles. The molecule has 0 bridgehead atoms. The highest BCUT2D eigenvalue weighted by atomic mass is 16.5. The number of benzene rings is 1. The van der Waals surface area contributed by atoms with Gasteiger partial charge in [0.15, 0.2) is 0 Å². The lowest BCUT2D eigenvalue weighted by Crippen LogP contribution is -2.39. The average Bonchev–Trinajstić information content (AvgIpc) is 2.81. The number of amides is 1. The molecular weight excluding hydrogens is 402 g/mol. The highest BCUT2D eigenvalue weighted by Crippen LogP contribution is 2.25. The van der Waals surface area contributed by atoms with E-state index >= 15 is 0 Å². The standard InChI is InChI=1S/C25H29N5O2/c1-18-6-7-20(17-22(18)23-5-3-4-10-26-23)29-25(31)21-8-9-24(28-19(21)2)27-11-12-30-13-15-32-16-14-30/h3-10,17H,11-16H2,1-2H3,(H,27,28)(H,29,31). The van der Waals surface area contributed by atoms with Gasteiger partial charge in [-0.15, -0.1) is 0 Å². The van der Waals surface area contributed by atoms with Crippen molar-refractivity contribution in [1.82, 2.24) is 14.9 Å². The zero-order valence-electron chi connectivity index (χ0n) is 18.6. The highest BCUT2D eigenvalue weighted by molar-refractivity contribution is 6.05. The van der Waals surface area contributed by atoms with Crippen molar-refractivity contribution in [2.45, 2.75) is 13.8 Å². The molecule has 32 heavy (non-hydrogen) atoms. The third-order valence-corrected chi connectivity index (χ3v) is 5.60. The maximum absolute atomic E-state index is 12.9. The predicted octanol–water partition coefficient (Wildman–Crippen LogP) is 3.76. The van der Waals surface area contributed by atoms with Crippen LogP contribution < -0.4 is 10.6 Å². The zero-order valence-corrected chi connectivity index (χ0v) is 18.6. The molecule has 0 saturated carbocycles. The third kappa shape index (κ3) is 5.49. The maximum Gasteiger partial charge on any atom is 0.257 e. The summed E-state index contributed by atoms with van der Waals surface area (Å²) in [5, 5.41) is 6.34. The van der Waals surface area contributed by atoms with Gasteiger partial charge in [0.1, 0.15) is 5.82 Å². The predicted molar refractivity (Wildman–Crippen MR) is 127 cm³/mol. The van der Waals surface area contributed by atoms with Gasteiger partial charge in [0.25, 0.3) is 5.91 Å². The summed E-state index contributed by atoms with van der Waals surface area (Å²) in [4.78, 5) is 24.3. The normalized spacial score (nSPS) is 14.2. The van der Waals surface area contributed by atoms with Crippen molar-refractivity contribution in [3.8, 4) is 11.3 Å². The van der Waals surface area contributed by atoms with Crippen LogP contribution in [0.15, 0.2) is 54.7 Å². The molecule has 4 rings (SSSR count). The lowest BCUT2D eigenvalue weighted by molar-refractivity contribution is 0.0398. The third-order valence-electron chi connectivity index (χ3n) is 5.60. The summed E-state index contributed by atoms with van der Waals surface area (Å²) in [5.74, 6) is 0.603. The van der Waals surface area contributed by atoms with E-state index in [1.165, 1.54) is 0 Å². The number of nitrogens with one attached hydrogen (secondary N) is 2. The lowest BCUT2D eigenvalue weighted by Gasteiger charge is -2.26. The molecule has 1 aromatic carbocycles. The van der Waals surface area contributed by atoms with Crippen LogP contribution in [0.25, 0.3) is 11.3 Å². The van der Waals surface area contributed by atoms with Crippen molar-refractivity contribution in [1.29, 1.82) is 0 Å². The van der Waals surface area contributed by atoms with E-state index in [0.29, 0.717) is 11.3 Å². The second-order valence-electron chi connectivity index (χ2n) is 7.91. The summed E-state index contributed by atoms with van der Waals surface area (Å²) in [6, 6.07) is 15.3. The van der Waals surface area contributed by atoms with Crippen LogP contribution in [0.4, 0.5) is 11.5 Å². The molecule has 1 fully saturated rings. The summed E-state index contributed by atoms with van der Waals surface area (Å²) in [6.07, 6.45) is 1.77. The fraction of sp³-hybridized carbons (Fsp3) is 0.320. The van der Waals surface area contributed by atoms with Crippen LogP contribution in [0.3, 0.4) is 0 Å². The Morgan fingerprint density at radius 3 is 2.69 bits per heavy atom. The van der Waals surface area contributed by atoms with Gasteiger partial charge in [-0.05, 0) is 55.8 Å². The van der Waals surface area contributed by atoms with E-state index in [-0.39, 0.29) is 5.91 Å². The van der Waals surface area contributed by atoms with Gasteiger partial charge in [-0.1, -0.05) is 12.1 Å². The number of carbonyl (C=O) groups is 1. The molecule has 0 spiro atoms. The van der Waals surface area contributed by atoms with Gasteiger partial charge in [-0.3, -0.25) is 14.7 Å². The monoisotopic (exact) mass is 431 g/mol. The number of morpholine rings is 1. The van der Waals surface area contributed by atoms with Crippen LogP contribution in [-0.2, 0) is 4.74 Å². The Morgan fingerprint density at radius 1 is 1.09 bits per heavy atom. The van der Waals surface area contributed by atoms with Crippen molar-refractivity contribution in [2.75, 3.05) is 50.0 Å². The second-order valence-corrected chi connectivity index (χ2v) is 7.91. The number of aromatic nitrogens is 2. The maximum atomic E-state index is 12.9. The summed E-state index contributed by atoms with van der Waals surface area (Å²) in [6.45, 7) is 9.17. The number of pyridine rings is 2. The lowest BCUT2D eigenvalue weighted by atomic mass is 10.0.